The van der Waals surface area contributed by atoms with Crippen molar-refractivity contribution in [2.24, 2.45) is 5.73 Å². The van der Waals surface area contributed by atoms with Crippen molar-refractivity contribution in [3.05, 3.63) is 41.6 Å². The van der Waals surface area contributed by atoms with Crippen molar-refractivity contribution in [2.75, 3.05) is 12.9 Å². The molecule has 22 heavy (non-hydrogen) atoms. The molecule has 0 aliphatic heterocycles. The molecule has 0 saturated heterocycles. The summed E-state index contributed by atoms with van der Waals surface area (Å²) >= 11 is 0. The van der Waals surface area contributed by atoms with Gasteiger partial charge >= 0.3 is 0 Å². The lowest BCUT2D eigenvalue weighted by molar-refractivity contribution is 0.132. The summed E-state index contributed by atoms with van der Waals surface area (Å²) < 4.78 is 40.0. The van der Waals surface area contributed by atoms with E-state index in [0.29, 0.717) is 22.6 Å². The van der Waals surface area contributed by atoms with E-state index < -0.39 is 28.7 Å². The van der Waals surface area contributed by atoms with Gasteiger partial charge in [-0.2, -0.15) is 0 Å². The molecule has 1 heterocycles. The van der Waals surface area contributed by atoms with E-state index in [0.717, 1.165) is 6.26 Å². The Morgan fingerprint density at radius 3 is 2.55 bits per heavy atom. The lowest BCUT2D eigenvalue weighted by Crippen LogP contribution is -2.30. The van der Waals surface area contributed by atoms with E-state index >= 15 is 0 Å². The van der Waals surface area contributed by atoms with Gasteiger partial charge in [-0.15, -0.1) is 0 Å². The molecule has 3 N–H and O–H groups in total. The molecule has 0 aliphatic rings. The molecular formula is C14H17FN2O4S. The highest BCUT2D eigenvalue weighted by Gasteiger charge is 2.17. The van der Waals surface area contributed by atoms with E-state index in [9.17, 15) is 17.9 Å². The average molecular weight is 328 g/mol. The Balaban J connectivity index is 2.17. The third-order valence-electron chi connectivity index (χ3n) is 3.09. The second kappa shape index (κ2) is 6.55. The number of halogens is 1. The number of benzene rings is 1. The summed E-state index contributed by atoms with van der Waals surface area (Å²) in [7, 11) is -3.18. The molecule has 8 heteroatoms. The largest absolute Gasteiger partial charge is 0.387 e. The first kappa shape index (κ1) is 16.6. The van der Waals surface area contributed by atoms with Gasteiger partial charge in [-0.1, -0.05) is 29.4 Å². The van der Waals surface area contributed by atoms with Gasteiger partial charge in [0.05, 0.1) is 23.6 Å². The molecule has 2 atom stereocenters. The number of nitrogens with zero attached hydrogens (tertiary/aromatic N) is 1. The number of aliphatic hydroxyl groups excluding tert-OH is 1. The number of hydrogen-bond acceptors (Lipinski definition) is 6. The van der Waals surface area contributed by atoms with Gasteiger partial charge in [0.25, 0.3) is 0 Å². The van der Waals surface area contributed by atoms with Gasteiger partial charge < -0.3 is 15.4 Å². The van der Waals surface area contributed by atoms with Gasteiger partial charge in [-0.05, 0) is 5.56 Å². The van der Waals surface area contributed by atoms with Crippen LogP contribution in [0.3, 0.4) is 0 Å². The van der Waals surface area contributed by atoms with Gasteiger partial charge in [0.2, 0.25) is 0 Å². The van der Waals surface area contributed by atoms with Crippen LogP contribution in [0.1, 0.15) is 17.4 Å². The van der Waals surface area contributed by atoms with Crippen LogP contribution in [0, 0.1) is 0 Å². The number of hydrogen-bond donors (Lipinski definition) is 2. The predicted molar refractivity (Wildman–Crippen MR) is 79.4 cm³/mol. The van der Waals surface area contributed by atoms with Crippen LogP contribution in [0.2, 0.25) is 0 Å². The number of alkyl halides is 1. The summed E-state index contributed by atoms with van der Waals surface area (Å²) in [6.45, 7) is -0.820. The lowest BCUT2D eigenvalue weighted by atomic mass is 10.0. The number of nitrogens with two attached hydrogens (primary N) is 1. The van der Waals surface area contributed by atoms with Crippen molar-refractivity contribution < 1.29 is 22.4 Å². The average Bonchev–Trinajstić information content (AvgIpc) is 2.92. The molecule has 6 nitrogen and oxygen atoms in total. The SMILES string of the molecule is CS(=O)(=O)Cc1cc(-c2ccc([C@@H](O)[C@H](N)CF)cc2)on1. The monoisotopic (exact) mass is 328 g/mol. The summed E-state index contributed by atoms with van der Waals surface area (Å²) in [4.78, 5) is 0. The third kappa shape index (κ3) is 4.12. The third-order valence-corrected chi connectivity index (χ3v) is 3.91. The minimum absolute atomic E-state index is 0.196. The van der Waals surface area contributed by atoms with E-state index in [-0.39, 0.29) is 5.75 Å². The maximum Gasteiger partial charge on any atom is 0.167 e. The molecule has 2 rings (SSSR count). The second-order valence-corrected chi connectivity index (χ2v) is 7.28. The maximum absolute atomic E-state index is 12.4. The second-order valence-electron chi connectivity index (χ2n) is 5.14. The molecule has 0 amide bonds. The van der Waals surface area contributed by atoms with Crippen molar-refractivity contribution in [3.8, 4) is 11.3 Å². The van der Waals surface area contributed by atoms with Crippen LogP contribution in [0.15, 0.2) is 34.9 Å². The highest BCUT2D eigenvalue weighted by molar-refractivity contribution is 7.89. The molecule has 2 aromatic rings. The van der Waals surface area contributed by atoms with Crippen molar-refractivity contribution in [3.63, 3.8) is 0 Å². The standard InChI is InChI=1S/C14H17FN2O4S/c1-22(19,20)8-11-6-13(21-17-11)9-2-4-10(5-3-9)14(18)12(16)7-15/h2-6,12,14,18H,7-8,16H2,1H3/t12-,14-/m1/s1. The number of sulfone groups is 1. The zero-order valence-corrected chi connectivity index (χ0v) is 12.8. The van der Waals surface area contributed by atoms with Crippen LogP contribution in [-0.2, 0) is 15.6 Å². The molecular weight excluding hydrogens is 311 g/mol. The highest BCUT2D eigenvalue weighted by Crippen LogP contribution is 2.24. The maximum atomic E-state index is 12.4. The number of aromatic nitrogens is 1. The summed E-state index contributed by atoms with van der Waals surface area (Å²) in [6, 6.07) is 7.10. The fourth-order valence-electron chi connectivity index (χ4n) is 1.96. The van der Waals surface area contributed by atoms with Gasteiger partial charge in [-0.25, -0.2) is 12.8 Å². The Morgan fingerprint density at radius 2 is 2.00 bits per heavy atom. The quantitative estimate of drug-likeness (QED) is 0.825. The van der Waals surface area contributed by atoms with Gasteiger partial charge in [0, 0.05) is 17.9 Å². The Morgan fingerprint density at radius 1 is 1.36 bits per heavy atom. The smallest absolute Gasteiger partial charge is 0.167 e. The molecule has 0 fully saturated rings. The Labute approximate surface area is 127 Å². The molecule has 0 spiro atoms. The van der Waals surface area contributed by atoms with Crippen LogP contribution in [-0.4, -0.2) is 37.7 Å². The molecule has 0 saturated carbocycles. The van der Waals surface area contributed by atoms with Crippen LogP contribution in [0.25, 0.3) is 11.3 Å². The molecule has 0 bridgehead atoms. The number of aliphatic hydroxyl groups is 1. The lowest BCUT2D eigenvalue weighted by Gasteiger charge is -2.16. The zero-order chi connectivity index (χ0) is 16.3. The first-order chi connectivity index (χ1) is 10.3. The molecule has 120 valence electrons. The Kier molecular flexibility index (Phi) is 4.94. The van der Waals surface area contributed by atoms with E-state index in [4.69, 9.17) is 10.3 Å². The van der Waals surface area contributed by atoms with Gasteiger partial charge in [-0.3, -0.25) is 0 Å². The minimum atomic E-state index is -3.18. The van der Waals surface area contributed by atoms with Crippen molar-refractivity contribution in [1.29, 1.82) is 0 Å². The van der Waals surface area contributed by atoms with Crippen molar-refractivity contribution in [2.45, 2.75) is 17.9 Å². The van der Waals surface area contributed by atoms with E-state index in [1.165, 1.54) is 0 Å². The fourth-order valence-corrected chi connectivity index (χ4v) is 2.63. The summed E-state index contributed by atoms with van der Waals surface area (Å²) in [5.74, 6) is 0.216. The Hall–Kier alpha value is -1.77. The van der Waals surface area contributed by atoms with Crippen LogP contribution in [0.4, 0.5) is 4.39 Å². The van der Waals surface area contributed by atoms with Gasteiger partial charge in [0.1, 0.15) is 6.67 Å². The van der Waals surface area contributed by atoms with Crippen LogP contribution < -0.4 is 5.73 Å². The first-order valence-electron chi connectivity index (χ1n) is 6.53. The van der Waals surface area contributed by atoms with Crippen LogP contribution >= 0.6 is 0 Å². The molecule has 1 aromatic heterocycles. The summed E-state index contributed by atoms with van der Waals surface area (Å²) in [5.41, 5.74) is 6.92. The Bertz CT molecular complexity index is 728. The molecule has 0 radical (unpaired) electrons. The van der Waals surface area contributed by atoms with E-state index in [2.05, 4.69) is 5.16 Å². The summed E-state index contributed by atoms with van der Waals surface area (Å²) in [6.07, 6.45) is 0.0284. The minimum Gasteiger partial charge on any atom is -0.387 e. The molecule has 0 aliphatic carbocycles. The van der Waals surface area contributed by atoms with Crippen LogP contribution in [0.5, 0.6) is 0 Å². The normalized spacial score (nSPS) is 14.7. The molecule has 0 unspecified atom stereocenters. The molecule has 1 aromatic carbocycles. The first-order valence-corrected chi connectivity index (χ1v) is 8.59. The van der Waals surface area contributed by atoms with E-state index in [1.807, 2.05) is 0 Å². The van der Waals surface area contributed by atoms with Crippen molar-refractivity contribution >= 4 is 9.84 Å². The van der Waals surface area contributed by atoms with Crippen molar-refractivity contribution in [1.82, 2.24) is 5.16 Å². The predicted octanol–water partition coefficient (Wildman–Crippen LogP) is 1.22. The summed E-state index contributed by atoms with van der Waals surface area (Å²) in [5, 5.41) is 13.5. The fraction of sp³-hybridized carbons (Fsp3) is 0.357. The topological polar surface area (TPSA) is 106 Å². The number of rotatable bonds is 6. The zero-order valence-electron chi connectivity index (χ0n) is 11.9. The van der Waals surface area contributed by atoms with E-state index in [1.54, 1.807) is 30.3 Å². The highest BCUT2D eigenvalue weighted by atomic mass is 32.2. The van der Waals surface area contributed by atoms with Gasteiger partial charge in [0.15, 0.2) is 15.6 Å².